The molecule has 3 N–H and O–H groups in total. The van der Waals surface area contributed by atoms with Crippen LogP contribution in [-0.2, 0) is 11.2 Å². The van der Waals surface area contributed by atoms with Gasteiger partial charge < -0.3 is 4.74 Å². The third-order valence-corrected chi connectivity index (χ3v) is 4.01. The summed E-state index contributed by atoms with van der Waals surface area (Å²) in [6.45, 7) is 6.17. The Morgan fingerprint density at radius 2 is 2.38 bits per heavy atom. The molecule has 16 heavy (non-hydrogen) atoms. The van der Waals surface area contributed by atoms with Crippen molar-refractivity contribution in [1.29, 1.82) is 0 Å². The minimum absolute atomic E-state index is 0.0731. The maximum Gasteiger partial charge on any atom is 0.0897 e. The van der Waals surface area contributed by atoms with E-state index in [2.05, 4.69) is 29.6 Å². The minimum Gasteiger partial charge on any atom is -0.377 e. The van der Waals surface area contributed by atoms with Gasteiger partial charge in [-0.15, -0.1) is 11.3 Å². The van der Waals surface area contributed by atoms with Gasteiger partial charge in [0.1, 0.15) is 0 Å². The molecular formula is C11H21N3OS. The van der Waals surface area contributed by atoms with Crippen LogP contribution in [0.4, 0.5) is 0 Å². The molecule has 92 valence electrons. The number of hydrogen-bond donors (Lipinski definition) is 2. The first-order valence-corrected chi connectivity index (χ1v) is 6.36. The molecule has 2 unspecified atom stereocenters. The van der Waals surface area contributed by atoms with Crippen molar-refractivity contribution in [2.45, 2.75) is 45.3 Å². The molecule has 0 saturated carbocycles. The van der Waals surface area contributed by atoms with Gasteiger partial charge >= 0.3 is 0 Å². The highest BCUT2D eigenvalue weighted by Gasteiger charge is 2.32. The van der Waals surface area contributed by atoms with Crippen LogP contribution in [-0.4, -0.2) is 23.7 Å². The smallest absolute Gasteiger partial charge is 0.0897 e. The lowest BCUT2D eigenvalue weighted by Gasteiger charge is -2.35. The Kier molecular flexibility index (Phi) is 4.86. The number of ether oxygens (including phenoxy) is 1. The number of aromatic nitrogens is 1. The zero-order valence-corrected chi connectivity index (χ0v) is 11.2. The molecule has 1 rings (SSSR count). The fourth-order valence-corrected chi connectivity index (χ4v) is 2.32. The van der Waals surface area contributed by atoms with Gasteiger partial charge in [0.2, 0.25) is 0 Å². The van der Waals surface area contributed by atoms with Crippen LogP contribution >= 0.6 is 11.3 Å². The lowest BCUT2D eigenvalue weighted by Crippen LogP contribution is -2.53. The molecule has 0 radical (unpaired) electrons. The fraction of sp³-hybridized carbons (Fsp3) is 0.727. The molecule has 1 aromatic rings. The van der Waals surface area contributed by atoms with Crippen LogP contribution in [0.3, 0.4) is 0 Å². The molecule has 0 amide bonds. The lowest BCUT2D eigenvalue weighted by molar-refractivity contribution is -0.0290. The van der Waals surface area contributed by atoms with Crippen molar-refractivity contribution >= 4 is 11.3 Å². The molecule has 0 aliphatic heterocycles. The number of aryl methyl sites for hydroxylation is 1. The van der Waals surface area contributed by atoms with E-state index in [9.17, 15) is 0 Å². The van der Waals surface area contributed by atoms with Gasteiger partial charge in [0.05, 0.1) is 22.3 Å². The highest BCUT2D eigenvalue weighted by Crippen LogP contribution is 2.22. The van der Waals surface area contributed by atoms with E-state index in [4.69, 9.17) is 10.6 Å². The van der Waals surface area contributed by atoms with Crippen molar-refractivity contribution in [2.24, 2.45) is 5.84 Å². The van der Waals surface area contributed by atoms with Crippen molar-refractivity contribution in [1.82, 2.24) is 10.4 Å². The van der Waals surface area contributed by atoms with Gasteiger partial charge in [-0.1, -0.05) is 6.92 Å². The Labute approximate surface area is 101 Å². The highest BCUT2D eigenvalue weighted by atomic mass is 32.1. The summed E-state index contributed by atoms with van der Waals surface area (Å²) in [6.07, 6.45) is 1.69. The summed E-state index contributed by atoms with van der Waals surface area (Å²) in [5.41, 5.74) is 3.66. The second-order valence-corrected chi connectivity index (χ2v) is 5.21. The van der Waals surface area contributed by atoms with E-state index in [0.717, 1.165) is 23.5 Å². The summed E-state index contributed by atoms with van der Waals surface area (Å²) in [6, 6.07) is 0.0731. The van der Waals surface area contributed by atoms with Crippen LogP contribution < -0.4 is 11.3 Å². The molecule has 1 heterocycles. The highest BCUT2D eigenvalue weighted by molar-refractivity contribution is 7.09. The zero-order chi connectivity index (χ0) is 12.2. The Bertz CT molecular complexity index is 323. The van der Waals surface area contributed by atoms with Crippen molar-refractivity contribution in [3.05, 3.63) is 16.1 Å². The predicted molar refractivity (Wildman–Crippen MR) is 67.4 cm³/mol. The van der Waals surface area contributed by atoms with Crippen molar-refractivity contribution in [3.63, 3.8) is 0 Å². The van der Waals surface area contributed by atoms with E-state index in [1.54, 1.807) is 18.4 Å². The second-order valence-electron chi connectivity index (χ2n) is 4.15. The molecule has 1 aromatic heterocycles. The largest absolute Gasteiger partial charge is 0.377 e. The molecular weight excluding hydrogens is 222 g/mol. The van der Waals surface area contributed by atoms with Gasteiger partial charge in [0.25, 0.3) is 0 Å². The minimum atomic E-state index is -0.258. The van der Waals surface area contributed by atoms with Gasteiger partial charge in [-0.2, -0.15) is 0 Å². The average molecular weight is 243 g/mol. The number of nitrogens with one attached hydrogen (secondary N) is 1. The molecule has 4 nitrogen and oxygen atoms in total. The van der Waals surface area contributed by atoms with Crippen LogP contribution in [0.15, 0.2) is 5.38 Å². The van der Waals surface area contributed by atoms with Crippen molar-refractivity contribution in [2.75, 3.05) is 7.11 Å². The van der Waals surface area contributed by atoms with E-state index >= 15 is 0 Å². The normalized spacial score (nSPS) is 17.1. The first-order valence-electron chi connectivity index (χ1n) is 5.48. The average Bonchev–Trinajstić information content (AvgIpc) is 2.70. The molecule has 2 atom stereocenters. The SMILES string of the molecule is CCC(C)(OC)C(Cc1csc(C)n1)NN. The summed E-state index contributed by atoms with van der Waals surface area (Å²) < 4.78 is 5.55. The molecule has 0 bridgehead atoms. The number of thiazole rings is 1. The summed E-state index contributed by atoms with van der Waals surface area (Å²) in [4.78, 5) is 4.45. The van der Waals surface area contributed by atoms with Crippen LogP contribution in [0.5, 0.6) is 0 Å². The van der Waals surface area contributed by atoms with Crippen LogP contribution in [0, 0.1) is 6.92 Å². The van der Waals surface area contributed by atoms with Crippen LogP contribution in [0.1, 0.15) is 31.0 Å². The molecule has 0 aliphatic carbocycles. The first-order chi connectivity index (χ1) is 7.55. The van der Waals surface area contributed by atoms with Crippen LogP contribution in [0.25, 0.3) is 0 Å². The monoisotopic (exact) mass is 243 g/mol. The van der Waals surface area contributed by atoms with E-state index in [0.29, 0.717) is 0 Å². The fourth-order valence-electron chi connectivity index (χ4n) is 1.70. The molecule has 0 saturated heterocycles. The summed E-state index contributed by atoms with van der Waals surface area (Å²) >= 11 is 1.66. The number of rotatable bonds is 6. The van der Waals surface area contributed by atoms with Crippen LogP contribution in [0.2, 0.25) is 0 Å². The molecule has 5 heteroatoms. The maximum absolute atomic E-state index is 5.61. The summed E-state index contributed by atoms with van der Waals surface area (Å²) in [5.74, 6) is 5.61. The molecule has 0 aliphatic rings. The van der Waals surface area contributed by atoms with E-state index in [1.165, 1.54) is 0 Å². The number of nitrogens with zero attached hydrogens (tertiary/aromatic N) is 1. The third-order valence-electron chi connectivity index (χ3n) is 3.19. The standard InChI is InChI=1S/C11H21N3OS/c1-5-11(3,15-4)10(14-12)6-9-7-16-8(2)13-9/h7,10,14H,5-6,12H2,1-4H3. The zero-order valence-electron chi connectivity index (χ0n) is 10.4. The van der Waals surface area contributed by atoms with E-state index in [1.807, 2.05) is 6.92 Å². The van der Waals surface area contributed by atoms with Gasteiger partial charge in [-0.25, -0.2) is 4.98 Å². The van der Waals surface area contributed by atoms with Crippen molar-refractivity contribution in [3.8, 4) is 0 Å². The number of methoxy groups -OCH3 is 1. The summed E-state index contributed by atoms with van der Waals surface area (Å²) in [7, 11) is 1.72. The second kappa shape index (κ2) is 5.72. The maximum atomic E-state index is 5.61. The molecule has 0 aromatic carbocycles. The Morgan fingerprint density at radius 1 is 1.69 bits per heavy atom. The first kappa shape index (κ1) is 13.6. The Hall–Kier alpha value is -0.490. The number of nitrogens with two attached hydrogens (primary N) is 1. The van der Waals surface area contributed by atoms with Gasteiger partial charge in [-0.3, -0.25) is 11.3 Å². The van der Waals surface area contributed by atoms with Gasteiger partial charge in [0.15, 0.2) is 0 Å². The Morgan fingerprint density at radius 3 is 2.75 bits per heavy atom. The van der Waals surface area contributed by atoms with E-state index < -0.39 is 0 Å². The topological polar surface area (TPSA) is 60.2 Å². The quantitative estimate of drug-likeness (QED) is 0.589. The Balaban J connectivity index is 2.75. The number of hydrogen-bond acceptors (Lipinski definition) is 5. The molecule has 0 spiro atoms. The molecule has 0 fully saturated rings. The predicted octanol–water partition coefficient (Wildman–Crippen LogP) is 1.64. The number of hydrazine groups is 1. The van der Waals surface area contributed by atoms with Gasteiger partial charge in [-0.05, 0) is 20.3 Å². The van der Waals surface area contributed by atoms with E-state index in [-0.39, 0.29) is 11.6 Å². The third kappa shape index (κ3) is 3.01. The lowest BCUT2D eigenvalue weighted by atomic mass is 9.90. The van der Waals surface area contributed by atoms with Crippen molar-refractivity contribution < 1.29 is 4.74 Å². The van der Waals surface area contributed by atoms with Gasteiger partial charge in [0, 0.05) is 18.9 Å². The summed E-state index contributed by atoms with van der Waals surface area (Å²) in [5, 5.41) is 3.16.